The van der Waals surface area contributed by atoms with Gasteiger partial charge in [-0.3, -0.25) is 9.59 Å². The van der Waals surface area contributed by atoms with Crippen molar-refractivity contribution in [3.05, 3.63) is 75.4 Å². The number of thioether (sulfide) groups is 1. The predicted molar refractivity (Wildman–Crippen MR) is 114 cm³/mol. The van der Waals surface area contributed by atoms with Crippen molar-refractivity contribution in [2.24, 2.45) is 0 Å². The van der Waals surface area contributed by atoms with Gasteiger partial charge in [0.2, 0.25) is 5.91 Å². The minimum Gasteiger partial charge on any atom is -0.325 e. The highest BCUT2D eigenvalue weighted by atomic mass is 35.5. The van der Waals surface area contributed by atoms with Gasteiger partial charge < -0.3 is 10.6 Å². The predicted octanol–water partition coefficient (Wildman–Crippen LogP) is 5.69. The van der Waals surface area contributed by atoms with Gasteiger partial charge in [0, 0.05) is 21.3 Å². The maximum Gasteiger partial charge on any atom is 0.265 e. The maximum absolute atomic E-state index is 12.1. The molecule has 0 aliphatic heterocycles. The smallest absolute Gasteiger partial charge is 0.265 e. The fourth-order valence-corrected chi connectivity index (χ4v) is 3.75. The molecule has 0 saturated heterocycles. The molecule has 0 aliphatic rings. The van der Waals surface area contributed by atoms with E-state index in [4.69, 9.17) is 11.6 Å². The van der Waals surface area contributed by atoms with Gasteiger partial charge in [-0.05, 0) is 60.3 Å². The molecule has 0 atom stereocenters. The van der Waals surface area contributed by atoms with Crippen molar-refractivity contribution < 1.29 is 9.59 Å². The summed E-state index contributed by atoms with van der Waals surface area (Å²) in [6, 6.07) is 16.5. The van der Waals surface area contributed by atoms with Gasteiger partial charge in [0.25, 0.3) is 5.91 Å². The first-order valence-electron chi connectivity index (χ1n) is 8.15. The topological polar surface area (TPSA) is 58.2 Å². The zero-order valence-electron chi connectivity index (χ0n) is 14.5. The van der Waals surface area contributed by atoms with E-state index in [-0.39, 0.29) is 17.6 Å². The number of carbonyl (C=O) groups excluding carboxylic acids is 2. The standard InChI is InChI=1S/C20H17ClN2O2S2/c1-13-4-5-15(11-17(13)21)22-19(24)12-27-16-8-6-14(7-9-16)23-20(25)18-3-2-10-26-18/h2-11H,12H2,1H3,(H,22,24)(H,23,25). The second-order valence-electron chi connectivity index (χ2n) is 5.76. The third kappa shape index (κ3) is 5.60. The van der Waals surface area contributed by atoms with Gasteiger partial charge in [-0.15, -0.1) is 23.1 Å². The highest BCUT2D eigenvalue weighted by Crippen LogP contribution is 2.23. The Morgan fingerprint density at radius 2 is 1.78 bits per heavy atom. The molecule has 0 aliphatic carbocycles. The second kappa shape index (κ2) is 9.08. The molecule has 0 unspecified atom stereocenters. The summed E-state index contributed by atoms with van der Waals surface area (Å²) in [6.45, 7) is 1.91. The molecular weight excluding hydrogens is 400 g/mol. The molecule has 0 bridgehead atoms. The Balaban J connectivity index is 1.50. The van der Waals surface area contributed by atoms with Crippen LogP contribution < -0.4 is 10.6 Å². The number of amides is 2. The van der Waals surface area contributed by atoms with Crippen LogP contribution >= 0.6 is 34.7 Å². The van der Waals surface area contributed by atoms with Gasteiger partial charge in [-0.25, -0.2) is 0 Å². The normalized spacial score (nSPS) is 10.4. The van der Waals surface area contributed by atoms with Crippen molar-refractivity contribution in [1.29, 1.82) is 0 Å². The van der Waals surface area contributed by atoms with E-state index in [1.807, 2.05) is 54.8 Å². The molecule has 138 valence electrons. The number of rotatable bonds is 6. The molecule has 2 aromatic carbocycles. The largest absolute Gasteiger partial charge is 0.325 e. The molecule has 1 heterocycles. The zero-order chi connectivity index (χ0) is 19.2. The Morgan fingerprint density at radius 3 is 2.44 bits per heavy atom. The molecule has 4 nitrogen and oxygen atoms in total. The Kier molecular flexibility index (Phi) is 6.55. The molecule has 3 rings (SSSR count). The summed E-state index contributed by atoms with van der Waals surface area (Å²) in [4.78, 5) is 25.7. The number of hydrogen-bond acceptors (Lipinski definition) is 4. The van der Waals surface area contributed by atoms with E-state index in [2.05, 4.69) is 10.6 Å². The summed E-state index contributed by atoms with van der Waals surface area (Å²) in [5.74, 6) is 0.0587. The lowest BCUT2D eigenvalue weighted by Crippen LogP contribution is -2.14. The van der Waals surface area contributed by atoms with Gasteiger partial charge in [0.05, 0.1) is 10.6 Å². The van der Waals surface area contributed by atoms with Crippen LogP contribution in [-0.4, -0.2) is 17.6 Å². The summed E-state index contributed by atoms with van der Waals surface area (Å²) in [6.07, 6.45) is 0. The number of halogens is 1. The zero-order valence-corrected chi connectivity index (χ0v) is 16.9. The van der Waals surface area contributed by atoms with Gasteiger partial charge in [0.1, 0.15) is 0 Å². The van der Waals surface area contributed by atoms with E-state index < -0.39 is 0 Å². The number of aryl methyl sites for hydroxylation is 1. The van der Waals surface area contributed by atoms with Crippen LogP contribution in [0.4, 0.5) is 11.4 Å². The number of anilines is 2. The molecule has 2 amide bonds. The van der Waals surface area contributed by atoms with Crippen LogP contribution in [0.15, 0.2) is 64.9 Å². The molecule has 0 spiro atoms. The van der Waals surface area contributed by atoms with E-state index in [1.54, 1.807) is 12.1 Å². The monoisotopic (exact) mass is 416 g/mol. The van der Waals surface area contributed by atoms with Crippen molar-refractivity contribution in [1.82, 2.24) is 0 Å². The average Bonchev–Trinajstić information content (AvgIpc) is 3.19. The second-order valence-corrected chi connectivity index (χ2v) is 8.16. The van der Waals surface area contributed by atoms with E-state index in [0.29, 0.717) is 15.6 Å². The Morgan fingerprint density at radius 1 is 1.04 bits per heavy atom. The Hall–Kier alpha value is -2.28. The van der Waals surface area contributed by atoms with Crippen molar-refractivity contribution in [3.8, 4) is 0 Å². The Bertz CT molecular complexity index is 941. The third-order valence-electron chi connectivity index (χ3n) is 3.68. The first kappa shape index (κ1) is 19.5. The van der Waals surface area contributed by atoms with Gasteiger partial charge in [-0.1, -0.05) is 23.7 Å². The van der Waals surface area contributed by atoms with Gasteiger partial charge >= 0.3 is 0 Å². The van der Waals surface area contributed by atoms with E-state index in [9.17, 15) is 9.59 Å². The lowest BCUT2D eigenvalue weighted by atomic mass is 10.2. The quantitative estimate of drug-likeness (QED) is 0.507. The lowest BCUT2D eigenvalue weighted by molar-refractivity contribution is -0.113. The molecular formula is C20H17ClN2O2S2. The van der Waals surface area contributed by atoms with Crippen molar-refractivity contribution in [2.45, 2.75) is 11.8 Å². The fourth-order valence-electron chi connectivity index (χ4n) is 2.25. The van der Waals surface area contributed by atoms with Crippen molar-refractivity contribution in [2.75, 3.05) is 16.4 Å². The highest BCUT2D eigenvalue weighted by Gasteiger charge is 2.08. The highest BCUT2D eigenvalue weighted by molar-refractivity contribution is 8.00. The van der Waals surface area contributed by atoms with Crippen molar-refractivity contribution >= 4 is 57.9 Å². The summed E-state index contributed by atoms with van der Waals surface area (Å²) in [5.41, 5.74) is 2.37. The first-order chi connectivity index (χ1) is 13.0. The van der Waals surface area contributed by atoms with Crippen LogP contribution in [-0.2, 0) is 4.79 Å². The van der Waals surface area contributed by atoms with Crippen LogP contribution in [0.25, 0.3) is 0 Å². The Labute approximate surface area is 170 Å². The molecule has 2 N–H and O–H groups in total. The van der Waals surface area contributed by atoms with Crippen molar-refractivity contribution in [3.63, 3.8) is 0 Å². The SMILES string of the molecule is Cc1ccc(NC(=O)CSc2ccc(NC(=O)c3cccs3)cc2)cc1Cl. The molecule has 0 fully saturated rings. The van der Waals surface area contributed by atoms with Crippen LogP contribution in [0.1, 0.15) is 15.2 Å². The van der Waals surface area contributed by atoms with Crippen LogP contribution in [0.3, 0.4) is 0 Å². The fraction of sp³-hybridized carbons (Fsp3) is 0.100. The minimum absolute atomic E-state index is 0.102. The minimum atomic E-state index is -0.124. The molecule has 3 aromatic rings. The number of nitrogens with one attached hydrogen (secondary N) is 2. The molecule has 0 radical (unpaired) electrons. The summed E-state index contributed by atoms with van der Waals surface area (Å²) >= 11 is 8.89. The van der Waals surface area contributed by atoms with E-state index in [0.717, 1.165) is 16.1 Å². The van der Waals surface area contributed by atoms with E-state index >= 15 is 0 Å². The van der Waals surface area contributed by atoms with Crippen LogP contribution in [0.5, 0.6) is 0 Å². The van der Waals surface area contributed by atoms with E-state index in [1.165, 1.54) is 23.1 Å². The first-order valence-corrected chi connectivity index (χ1v) is 10.4. The number of thiophene rings is 1. The molecule has 1 aromatic heterocycles. The maximum atomic E-state index is 12.1. The number of hydrogen-bond donors (Lipinski definition) is 2. The molecule has 0 saturated carbocycles. The average molecular weight is 417 g/mol. The number of benzene rings is 2. The lowest BCUT2D eigenvalue weighted by Gasteiger charge is -2.08. The van der Waals surface area contributed by atoms with Crippen LogP contribution in [0.2, 0.25) is 5.02 Å². The molecule has 27 heavy (non-hydrogen) atoms. The summed E-state index contributed by atoms with van der Waals surface area (Å²) in [5, 5.41) is 8.17. The number of carbonyl (C=O) groups is 2. The van der Waals surface area contributed by atoms with Crippen LogP contribution in [0, 0.1) is 6.92 Å². The van der Waals surface area contributed by atoms with Gasteiger partial charge in [-0.2, -0.15) is 0 Å². The third-order valence-corrected chi connectivity index (χ3v) is 5.97. The van der Waals surface area contributed by atoms with Gasteiger partial charge in [0.15, 0.2) is 0 Å². The molecule has 7 heteroatoms. The summed E-state index contributed by atoms with van der Waals surface area (Å²) < 4.78 is 0. The summed E-state index contributed by atoms with van der Waals surface area (Å²) in [7, 11) is 0.